The standard InChI is InChI=1S/C17H25N7O4/c1-11(2)15(25)27-9-17(21-22-18)8-12(3)14(28-17)24-7-6-13(20-16(24)26)19-10-23(4)5/h6-7,10-12,14H,8-9H2,1-5H3/t12-,14?,17-/m0/s1. The maximum atomic E-state index is 12.4. The number of rotatable bonds is 7. The van der Waals surface area contributed by atoms with Crippen molar-refractivity contribution < 1.29 is 14.3 Å². The third kappa shape index (κ3) is 5.08. The molecule has 1 saturated heterocycles. The van der Waals surface area contributed by atoms with Gasteiger partial charge >= 0.3 is 11.7 Å². The number of aromatic nitrogens is 2. The molecule has 0 amide bonds. The molecule has 0 radical (unpaired) electrons. The zero-order valence-corrected chi connectivity index (χ0v) is 16.6. The Balaban J connectivity index is 2.24. The lowest BCUT2D eigenvalue weighted by molar-refractivity contribution is -0.161. The van der Waals surface area contributed by atoms with Crippen LogP contribution in [0.1, 0.15) is 33.4 Å². The Morgan fingerprint density at radius 1 is 1.61 bits per heavy atom. The molecule has 1 unspecified atom stereocenters. The smallest absolute Gasteiger partial charge is 0.351 e. The summed E-state index contributed by atoms with van der Waals surface area (Å²) < 4.78 is 12.5. The van der Waals surface area contributed by atoms with E-state index in [1.165, 1.54) is 17.1 Å². The van der Waals surface area contributed by atoms with E-state index in [0.29, 0.717) is 6.42 Å². The number of nitrogens with zero attached hydrogens (tertiary/aromatic N) is 7. The fraction of sp³-hybridized carbons (Fsp3) is 0.647. The Morgan fingerprint density at radius 3 is 2.89 bits per heavy atom. The number of azide groups is 1. The molecular formula is C17H25N7O4. The molecule has 28 heavy (non-hydrogen) atoms. The lowest BCUT2D eigenvalue weighted by atomic mass is 10.0. The average Bonchev–Trinajstić information content (AvgIpc) is 2.94. The van der Waals surface area contributed by atoms with Crippen molar-refractivity contribution in [3.63, 3.8) is 0 Å². The first-order valence-corrected chi connectivity index (χ1v) is 8.88. The Morgan fingerprint density at radius 2 is 2.32 bits per heavy atom. The van der Waals surface area contributed by atoms with Gasteiger partial charge in [-0.25, -0.2) is 9.79 Å². The number of ether oxygens (including phenoxy) is 2. The fourth-order valence-electron chi connectivity index (χ4n) is 2.79. The molecule has 11 heteroatoms. The maximum absolute atomic E-state index is 12.4. The summed E-state index contributed by atoms with van der Waals surface area (Å²) >= 11 is 0. The summed E-state index contributed by atoms with van der Waals surface area (Å²) in [5.74, 6) is -0.652. The largest absolute Gasteiger partial charge is 0.462 e. The van der Waals surface area contributed by atoms with E-state index in [4.69, 9.17) is 15.0 Å². The van der Waals surface area contributed by atoms with Gasteiger partial charge in [-0.2, -0.15) is 4.98 Å². The first-order chi connectivity index (χ1) is 13.2. The number of carbonyl (C=O) groups excluding carboxylic acids is 1. The molecule has 1 aliphatic heterocycles. The van der Waals surface area contributed by atoms with E-state index in [9.17, 15) is 9.59 Å². The number of esters is 1. The molecule has 0 N–H and O–H groups in total. The van der Waals surface area contributed by atoms with Gasteiger partial charge in [0, 0.05) is 31.1 Å². The van der Waals surface area contributed by atoms with Crippen LogP contribution in [0.5, 0.6) is 0 Å². The first kappa shape index (κ1) is 21.4. The van der Waals surface area contributed by atoms with E-state index in [0.717, 1.165) is 0 Å². The normalized spacial score (nSPS) is 24.4. The number of hydrogen-bond acceptors (Lipinski definition) is 7. The molecule has 1 aliphatic rings. The first-order valence-electron chi connectivity index (χ1n) is 8.88. The van der Waals surface area contributed by atoms with Crippen LogP contribution >= 0.6 is 0 Å². The van der Waals surface area contributed by atoms with E-state index < -0.39 is 23.6 Å². The highest BCUT2D eigenvalue weighted by atomic mass is 16.6. The highest BCUT2D eigenvalue weighted by Gasteiger charge is 2.46. The summed E-state index contributed by atoms with van der Waals surface area (Å²) in [6.45, 7) is 5.04. The summed E-state index contributed by atoms with van der Waals surface area (Å²) in [4.78, 5) is 36.8. The second-order valence-corrected chi connectivity index (χ2v) is 7.27. The molecule has 2 rings (SSSR count). The van der Waals surface area contributed by atoms with Gasteiger partial charge in [0.2, 0.25) is 0 Å². The summed E-state index contributed by atoms with van der Waals surface area (Å²) in [6.07, 6.45) is 2.65. The van der Waals surface area contributed by atoms with Crippen LogP contribution in [0.3, 0.4) is 0 Å². The van der Waals surface area contributed by atoms with E-state index >= 15 is 0 Å². The second-order valence-electron chi connectivity index (χ2n) is 7.27. The van der Waals surface area contributed by atoms with Crippen LogP contribution in [0, 0.1) is 11.8 Å². The van der Waals surface area contributed by atoms with Crippen LogP contribution in [-0.4, -0.2) is 53.2 Å². The Kier molecular flexibility index (Phi) is 6.76. The van der Waals surface area contributed by atoms with Crippen LogP contribution in [0.15, 0.2) is 27.2 Å². The van der Waals surface area contributed by atoms with Crippen molar-refractivity contribution in [1.82, 2.24) is 14.5 Å². The topological polar surface area (TPSA) is 135 Å². The highest BCUT2D eigenvalue weighted by Crippen LogP contribution is 2.41. The van der Waals surface area contributed by atoms with Crippen molar-refractivity contribution in [1.29, 1.82) is 0 Å². The van der Waals surface area contributed by atoms with Gasteiger partial charge in [-0.3, -0.25) is 9.36 Å². The maximum Gasteiger partial charge on any atom is 0.351 e. The summed E-state index contributed by atoms with van der Waals surface area (Å²) in [5, 5.41) is 3.72. The van der Waals surface area contributed by atoms with Crippen molar-refractivity contribution in [2.24, 2.45) is 21.9 Å². The summed E-state index contributed by atoms with van der Waals surface area (Å²) in [6, 6.07) is 1.59. The Hall–Kier alpha value is -2.91. The van der Waals surface area contributed by atoms with Crippen LogP contribution < -0.4 is 5.69 Å². The monoisotopic (exact) mass is 391 g/mol. The van der Waals surface area contributed by atoms with Crippen LogP contribution in [0.2, 0.25) is 0 Å². The summed E-state index contributed by atoms with van der Waals surface area (Å²) in [7, 11) is 3.61. The van der Waals surface area contributed by atoms with Gasteiger partial charge in [-0.1, -0.05) is 25.9 Å². The number of carbonyl (C=O) groups is 1. The van der Waals surface area contributed by atoms with Gasteiger partial charge in [-0.05, 0) is 18.0 Å². The van der Waals surface area contributed by atoms with Gasteiger partial charge in [0.15, 0.2) is 11.5 Å². The molecule has 2 heterocycles. The van der Waals surface area contributed by atoms with Gasteiger partial charge in [0.1, 0.15) is 12.8 Å². The number of hydrogen-bond donors (Lipinski definition) is 0. The zero-order chi connectivity index (χ0) is 20.9. The third-order valence-corrected chi connectivity index (χ3v) is 4.12. The molecule has 0 saturated carbocycles. The lowest BCUT2D eigenvalue weighted by Crippen LogP contribution is -2.35. The predicted molar refractivity (Wildman–Crippen MR) is 102 cm³/mol. The Labute approximate surface area is 162 Å². The Bertz CT molecular complexity index is 844. The minimum absolute atomic E-state index is 0.182. The quantitative estimate of drug-likeness (QED) is 0.175. The van der Waals surface area contributed by atoms with Crippen molar-refractivity contribution >= 4 is 18.1 Å². The van der Waals surface area contributed by atoms with Gasteiger partial charge in [0.05, 0.1) is 12.3 Å². The van der Waals surface area contributed by atoms with Gasteiger partial charge < -0.3 is 14.4 Å². The number of aliphatic imine (C=N–C) groups is 1. The molecule has 1 fully saturated rings. The van der Waals surface area contributed by atoms with E-state index in [-0.39, 0.29) is 24.3 Å². The minimum Gasteiger partial charge on any atom is -0.462 e. The van der Waals surface area contributed by atoms with Gasteiger partial charge in [-0.15, -0.1) is 0 Å². The lowest BCUT2D eigenvalue weighted by Gasteiger charge is -2.24. The summed E-state index contributed by atoms with van der Waals surface area (Å²) in [5.41, 5.74) is 7.03. The third-order valence-electron chi connectivity index (χ3n) is 4.12. The van der Waals surface area contributed by atoms with Crippen molar-refractivity contribution in [2.45, 2.75) is 39.1 Å². The molecule has 11 nitrogen and oxygen atoms in total. The molecule has 0 spiro atoms. The molecule has 0 aliphatic carbocycles. The van der Waals surface area contributed by atoms with Crippen molar-refractivity contribution in [3.05, 3.63) is 33.2 Å². The highest BCUT2D eigenvalue weighted by molar-refractivity contribution is 5.71. The van der Waals surface area contributed by atoms with Crippen molar-refractivity contribution in [2.75, 3.05) is 20.7 Å². The molecule has 0 bridgehead atoms. The molecule has 1 aromatic rings. The van der Waals surface area contributed by atoms with E-state index in [1.807, 2.05) is 6.92 Å². The molecule has 3 atom stereocenters. The SMILES string of the molecule is CC(C)C(=O)OC[C@]1(N=[N+]=[N-])C[C@H](C)C(n2ccc(N=CN(C)C)nc2=O)O1. The molecule has 0 aromatic carbocycles. The fourth-order valence-corrected chi connectivity index (χ4v) is 2.79. The second kappa shape index (κ2) is 8.85. The van der Waals surface area contributed by atoms with E-state index in [2.05, 4.69) is 20.0 Å². The van der Waals surface area contributed by atoms with Crippen LogP contribution in [-0.2, 0) is 14.3 Å². The molecule has 1 aromatic heterocycles. The molecular weight excluding hydrogens is 366 g/mol. The molecule has 152 valence electrons. The zero-order valence-electron chi connectivity index (χ0n) is 16.6. The van der Waals surface area contributed by atoms with Crippen LogP contribution in [0.25, 0.3) is 10.4 Å². The minimum atomic E-state index is -1.37. The van der Waals surface area contributed by atoms with Crippen molar-refractivity contribution in [3.8, 4) is 0 Å². The average molecular weight is 391 g/mol. The van der Waals surface area contributed by atoms with E-state index in [1.54, 1.807) is 38.9 Å². The van der Waals surface area contributed by atoms with Crippen LogP contribution in [0.4, 0.5) is 5.82 Å². The predicted octanol–water partition coefficient (Wildman–Crippen LogP) is 2.23. The van der Waals surface area contributed by atoms with Gasteiger partial charge in [0.25, 0.3) is 0 Å².